The van der Waals surface area contributed by atoms with Crippen LogP contribution >= 0.6 is 23.2 Å². The molecule has 4 aromatic rings. The molecule has 5 rings (SSSR count). The zero-order chi connectivity index (χ0) is 31.6. The minimum atomic E-state index is -0.711. The molecule has 0 saturated carbocycles. The number of carbonyl (C=O) groups excluding carboxylic acids is 2. The first-order valence-electron chi connectivity index (χ1n) is 14.1. The number of carbonyl (C=O) groups is 2. The third-order valence-corrected chi connectivity index (χ3v) is 7.51. The van der Waals surface area contributed by atoms with Crippen LogP contribution in [0.3, 0.4) is 0 Å². The predicted octanol–water partition coefficient (Wildman–Crippen LogP) is 7.54. The summed E-state index contributed by atoms with van der Waals surface area (Å²) in [6, 6.07) is 16.1. The Kier molecular flexibility index (Phi) is 9.08. The Morgan fingerprint density at radius 2 is 1.84 bits per heavy atom. The molecule has 0 unspecified atom stereocenters. The van der Waals surface area contributed by atoms with Gasteiger partial charge in [-0.1, -0.05) is 41.4 Å². The number of aromatic nitrogens is 3. The predicted molar refractivity (Wildman–Crippen MR) is 169 cm³/mol. The van der Waals surface area contributed by atoms with Gasteiger partial charge in [-0.05, 0) is 93.8 Å². The fourth-order valence-corrected chi connectivity index (χ4v) is 5.45. The minimum absolute atomic E-state index is 0.140. The highest BCUT2D eigenvalue weighted by atomic mass is 35.5. The number of rotatable bonds is 5. The molecule has 0 aliphatic carbocycles. The van der Waals surface area contributed by atoms with Crippen molar-refractivity contribution in [1.82, 2.24) is 25.0 Å². The maximum Gasteiger partial charge on any atom is 0.410 e. The number of hydrogen-bond donors (Lipinski definition) is 1. The van der Waals surface area contributed by atoms with Gasteiger partial charge in [0.25, 0.3) is 5.91 Å². The van der Waals surface area contributed by atoms with Crippen LogP contribution in [0.5, 0.6) is 0 Å². The molecule has 0 bridgehead atoms. The summed E-state index contributed by atoms with van der Waals surface area (Å²) < 4.78 is 21.1. The monoisotopic (exact) mass is 635 g/mol. The first-order chi connectivity index (χ1) is 20.9. The van der Waals surface area contributed by atoms with Crippen molar-refractivity contribution in [1.29, 1.82) is 0 Å². The first-order valence-corrected chi connectivity index (χ1v) is 14.9. The zero-order valence-electron chi connectivity index (χ0n) is 24.8. The zero-order valence-corrected chi connectivity index (χ0v) is 26.3. The number of fused-ring (bicyclic) bond motifs is 1. The Balaban J connectivity index is 1.67. The minimum Gasteiger partial charge on any atom is -0.444 e. The SMILES string of the molecule is C[C@@H](NC(=O)c1nn(-c2ccc(Cl)cc2Cl)c2c1CCN(C(=O)OC(C)(C)C)C/C2=C\c1ccc(F)cc1)c1ccccn1. The molecule has 2 aromatic heterocycles. The molecule has 3 heterocycles. The molecule has 8 nitrogen and oxygen atoms in total. The molecule has 2 amide bonds. The Bertz CT molecular complexity index is 1720. The van der Waals surface area contributed by atoms with Crippen LogP contribution < -0.4 is 5.32 Å². The summed E-state index contributed by atoms with van der Waals surface area (Å²) in [5.74, 6) is -0.779. The molecule has 1 aliphatic rings. The lowest BCUT2D eigenvalue weighted by Gasteiger charge is -2.27. The molecule has 0 spiro atoms. The molecule has 0 radical (unpaired) electrons. The number of nitrogens with one attached hydrogen (secondary N) is 1. The van der Waals surface area contributed by atoms with Crippen LogP contribution in [0.2, 0.25) is 10.0 Å². The normalized spacial score (nSPS) is 15.0. The van der Waals surface area contributed by atoms with Crippen molar-refractivity contribution < 1.29 is 18.7 Å². The number of benzene rings is 2. The number of nitrogens with zero attached hydrogens (tertiary/aromatic N) is 4. The van der Waals surface area contributed by atoms with Gasteiger partial charge >= 0.3 is 6.09 Å². The molecule has 0 saturated heterocycles. The molecule has 11 heteroatoms. The molecule has 1 atom stereocenters. The quantitative estimate of drug-likeness (QED) is 0.245. The molecule has 1 N–H and O–H groups in total. The molecule has 2 aromatic carbocycles. The van der Waals surface area contributed by atoms with E-state index in [2.05, 4.69) is 10.3 Å². The second kappa shape index (κ2) is 12.8. The molecular weight excluding hydrogens is 604 g/mol. The van der Waals surface area contributed by atoms with E-state index in [-0.39, 0.29) is 24.6 Å². The topological polar surface area (TPSA) is 89.4 Å². The molecular formula is C33H32Cl2FN5O3. The fraction of sp³-hybridized carbons (Fsp3) is 0.273. The van der Waals surface area contributed by atoms with Crippen LogP contribution in [-0.4, -0.2) is 50.4 Å². The Labute approximate surface area is 265 Å². The van der Waals surface area contributed by atoms with E-state index in [1.807, 2.05) is 25.1 Å². The average Bonchev–Trinajstić information content (AvgIpc) is 3.24. The van der Waals surface area contributed by atoms with E-state index in [9.17, 15) is 14.0 Å². The summed E-state index contributed by atoms with van der Waals surface area (Å²) in [7, 11) is 0. The van der Waals surface area contributed by atoms with Gasteiger partial charge in [-0.2, -0.15) is 5.10 Å². The van der Waals surface area contributed by atoms with E-state index in [0.29, 0.717) is 50.2 Å². The van der Waals surface area contributed by atoms with E-state index >= 15 is 0 Å². The van der Waals surface area contributed by atoms with E-state index in [1.165, 1.54) is 12.1 Å². The number of ether oxygens (including phenoxy) is 1. The number of amides is 2. The smallest absolute Gasteiger partial charge is 0.410 e. The van der Waals surface area contributed by atoms with Crippen LogP contribution in [0, 0.1) is 5.82 Å². The van der Waals surface area contributed by atoms with Gasteiger partial charge in [0, 0.05) is 23.3 Å². The highest BCUT2D eigenvalue weighted by molar-refractivity contribution is 6.35. The fourth-order valence-electron chi connectivity index (χ4n) is 4.96. The summed E-state index contributed by atoms with van der Waals surface area (Å²) in [5, 5.41) is 8.57. The van der Waals surface area contributed by atoms with Gasteiger partial charge in [-0.25, -0.2) is 13.9 Å². The van der Waals surface area contributed by atoms with E-state index in [4.69, 9.17) is 33.0 Å². The van der Waals surface area contributed by atoms with Gasteiger partial charge in [0.2, 0.25) is 0 Å². The molecule has 0 fully saturated rings. The Morgan fingerprint density at radius 1 is 1.09 bits per heavy atom. The Hall–Kier alpha value is -4.21. The summed E-state index contributed by atoms with van der Waals surface area (Å²) in [6.45, 7) is 7.66. The van der Waals surface area contributed by atoms with Gasteiger partial charge in [0.05, 0.1) is 34.7 Å². The van der Waals surface area contributed by atoms with E-state index < -0.39 is 23.6 Å². The van der Waals surface area contributed by atoms with Crippen LogP contribution in [-0.2, 0) is 11.2 Å². The van der Waals surface area contributed by atoms with Crippen LogP contribution in [0.1, 0.15) is 66.7 Å². The number of hydrogen-bond acceptors (Lipinski definition) is 5. The maximum atomic E-state index is 13.9. The first kappa shape index (κ1) is 31.2. The average molecular weight is 637 g/mol. The van der Waals surface area contributed by atoms with Crippen LogP contribution in [0.4, 0.5) is 9.18 Å². The van der Waals surface area contributed by atoms with Crippen molar-refractivity contribution in [2.75, 3.05) is 13.1 Å². The van der Waals surface area contributed by atoms with Crippen molar-refractivity contribution in [2.24, 2.45) is 0 Å². The second-order valence-corrected chi connectivity index (χ2v) is 12.3. The van der Waals surface area contributed by atoms with E-state index in [1.54, 1.807) is 72.9 Å². The van der Waals surface area contributed by atoms with Gasteiger partial charge in [0.15, 0.2) is 5.69 Å². The van der Waals surface area contributed by atoms with Gasteiger partial charge in [-0.15, -0.1) is 0 Å². The van der Waals surface area contributed by atoms with Crippen molar-refractivity contribution in [3.63, 3.8) is 0 Å². The largest absolute Gasteiger partial charge is 0.444 e. The standard InChI is InChI=1S/C33H32Cl2FN5O3/c1-20(27-7-5-6-15-37-27)38-31(42)29-25-14-16-40(32(43)44-33(2,3)4)19-22(17-21-8-11-24(36)12-9-21)30(25)41(39-29)28-13-10-23(34)18-26(28)35/h5-13,15,17-18,20H,14,16,19H2,1-4H3,(H,38,42)/b22-17+/t20-/m1/s1. The van der Waals surface area contributed by atoms with Crippen molar-refractivity contribution >= 4 is 46.9 Å². The second-order valence-electron chi connectivity index (χ2n) is 11.5. The van der Waals surface area contributed by atoms with Crippen molar-refractivity contribution in [3.05, 3.63) is 111 Å². The van der Waals surface area contributed by atoms with E-state index in [0.717, 1.165) is 0 Å². The van der Waals surface area contributed by atoms with Gasteiger partial charge in [-0.3, -0.25) is 9.78 Å². The lowest BCUT2D eigenvalue weighted by molar-refractivity contribution is 0.0279. The summed E-state index contributed by atoms with van der Waals surface area (Å²) >= 11 is 12.9. The van der Waals surface area contributed by atoms with Crippen molar-refractivity contribution in [3.8, 4) is 5.69 Å². The molecule has 1 aliphatic heterocycles. The highest BCUT2D eigenvalue weighted by Gasteiger charge is 2.33. The lowest BCUT2D eigenvalue weighted by Crippen LogP contribution is -2.38. The van der Waals surface area contributed by atoms with Crippen molar-refractivity contribution in [2.45, 2.75) is 45.8 Å². The third kappa shape index (κ3) is 7.11. The van der Waals surface area contributed by atoms with Gasteiger partial charge < -0.3 is 15.0 Å². The number of halogens is 3. The molecule has 228 valence electrons. The molecule has 44 heavy (non-hydrogen) atoms. The van der Waals surface area contributed by atoms with Crippen LogP contribution in [0.15, 0.2) is 66.9 Å². The summed E-state index contributed by atoms with van der Waals surface area (Å²) in [6.07, 6.45) is 3.33. The Morgan fingerprint density at radius 3 is 2.50 bits per heavy atom. The summed E-state index contributed by atoms with van der Waals surface area (Å²) in [4.78, 5) is 33.1. The lowest BCUT2D eigenvalue weighted by atomic mass is 10.0. The highest BCUT2D eigenvalue weighted by Crippen LogP contribution is 2.35. The maximum absolute atomic E-state index is 13.9. The third-order valence-electron chi connectivity index (χ3n) is 6.98. The summed E-state index contributed by atoms with van der Waals surface area (Å²) in [5.41, 5.74) is 3.25. The van der Waals surface area contributed by atoms with Gasteiger partial charge in [0.1, 0.15) is 11.4 Å². The van der Waals surface area contributed by atoms with Crippen LogP contribution in [0.25, 0.3) is 17.3 Å². The number of pyridine rings is 1.